The van der Waals surface area contributed by atoms with E-state index in [0.717, 1.165) is 0 Å². The fourth-order valence-corrected chi connectivity index (χ4v) is 2.42. The number of rotatable bonds is 3. The minimum absolute atomic E-state index is 0.0187. The molecule has 3 rings (SSSR count). The van der Waals surface area contributed by atoms with Crippen molar-refractivity contribution in [1.29, 1.82) is 0 Å². The van der Waals surface area contributed by atoms with Crippen LogP contribution in [0.5, 0.6) is 11.8 Å². The smallest absolute Gasteiger partial charge is 0.317 e. The molecule has 3 aromatic rings. The van der Waals surface area contributed by atoms with Crippen LogP contribution in [0, 0.1) is 5.82 Å². The Balaban J connectivity index is 2.48. The lowest BCUT2D eigenvalue weighted by atomic mass is 10.0. The Morgan fingerprint density at radius 3 is 2.39 bits per heavy atom. The number of fused-ring (bicyclic) bond motifs is 1. The molecule has 0 aliphatic heterocycles. The molecule has 0 bridgehead atoms. The van der Waals surface area contributed by atoms with Crippen LogP contribution < -0.4 is 20.9 Å². The van der Waals surface area contributed by atoms with Crippen LogP contribution in [0.25, 0.3) is 22.2 Å². The minimum Gasteiger partial charge on any atom is -0.496 e. The number of nitrogens with two attached hydrogens (primary N) is 2. The second-order valence-corrected chi connectivity index (χ2v) is 4.85. The van der Waals surface area contributed by atoms with Crippen LogP contribution in [-0.2, 0) is 0 Å². The van der Waals surface area contributed by atoms with E-state index in [4.69, 9.17) is 20.9 Å². The van der Waals surface area contributed by atoms with E-state index in [1.807, 2.05) is 0 Å². The topological polar surface area (TPSA) is 96.3 Å². The van der Waals surface area contributed by atoms with Crippen molar-refractivity contribution in [2.75, 3.05) is 25.7 Å². The van der Waals surface area contributed by atoms with E-state index in [1.54, 1.807) is 18.2 Å². The Morgan fingerprint density at radius 2 is 1.70 bits per heavy atom. The van der Waals surface area contributed by atoms with Crippen LogP contribution >= 0.6 is 0 Å². The van der Waals surface area contributed by atoms with E-state index >= 15 is 0 Å². The second kappa shape index (κ2) is 5.60. The summed E-state index contributed by atoms with van der Waals surface area (Å²) in [5, 5.41) is 0.534. The maximum Gasteiger partial charge on any atom is 0.317 e. The normalized spacial score (nSPS) is 10.7. The lowest BCUT2D eigenvalue weighted by Crippen LogP contribution is -2.03. The van der Waals surface area contributed by atoms with Gasteiger partial charge in [-0.05, 0) is 24.3 Å². The third-order valence-corrected chi connectivity index (χ3v) is 3.51. The van der Waals surface area contributed by atoms with E-state index in [-0.39, 0.29) is 28.6 Å². The monoisotopic (exact) mass is 314 g/mol. The summed E-state index contributed by atoms with van der Waals surface area (Å²) in [5.41, 5.74) is 12.7. The molecule has 0 spiro atoms. The zero-order valence-corrected chi connectivity index (χ0v) is 12.6. The third-order valence-electron chi connectivity index (χ3n) is 3.51. The first-order valence-corrected chi connectivity index (χ1v) is 6.79. The standard InChI is InChI=1S/C16H15FN4O2/c1-22-11-5-3-4-10-13(11)15(21-16(20-10)23-2)12-8(18)6-7-9(19)14(12)17/h3-7H,18-19H2,1-2H3. The highest BCUT2D eigenvalue weighted by Crippen LogP contribution is 2.39. The van der Waals surface area contributed by atoms with E-state index < -0.39 is 5.82 Å². The molecule has 0 amide bonds. The van der Waals surface area contributed by atoms with Gasteiger partial charge in [-0.1, -0.05) is 6.07 Å². The lowest BCUT2D eigenvalue weighted by molar-refractivity contribution is 0.382. The Kier molecular flexibility index (Phi) is 3.61. The molecule has 1 aromatic heterocycles. The lowest BCUT2D eigenvalue weighted by Gasteiger charge is -2.14. The van der Waals surface area contributed by atoms with Gasteiger partial charge in [0.15, 0.2) is 5.82 Å². The molecule has 0 atom stereocenters. The zero-order chi connectivity index (χ0) is 16.6. The predicted octanol–water partition coefficient (Wildman–Crippen LogP) is 2.62. The molecule has 1 heterocycles. The summed E-state index contributed by atoms with van der Waals surface area (Å²) in [6.07, 6.45) is 0. The first-order chi connectivity index (χ1) is 11.1. The van der Waals surface area contributed by atoms with Gasteiger partial charge in [-0.25, -0.2) is 4.39 Å². The average Bonchev–Trinajstić information content (AvgIpc) is 2.57. The largest absolute Gasteiger partial charge is 0.496 e. The van der Waals surface area contributed by atoms with E-state index in [1.165, 1.54) is 26.4 Å². The van der Waals surface area contributed by atoms with Crippen molar-refractivity contribution in [2.45, 2.75) is 0 Å². The van der Waals surface area contributed by atoms with Gasteiger partial charge in [-0.2, -0.15) is 9.97 Å². The molecular formula is C16H15FN4O2. The number of hydrogen-bond donors (Lipinski definition) is 2. The molecule has 0 saturated carbocycles. The summed E-state index contributed by atoms with van der Waals surface area (Å²) in [6, 6.07) is 8.31. The highest BCUT2D eigenvalue weighted by atomic mass is 19.1. The van der Waals surface area contributed by atoms with Crippen LogP contribution in [-0.4, -0.2) is 24.2 Å². The molecule has 0 aliphatic carbocycles. The highest BCUT2D eigenvalue weighted by Gasteiger charge is 2.20. The number of nitrogen functional groups attached to an aromatic ring is 2. The highest BCUT2D eigenvalue weighted by molar-refractivity contribution is 6.00. The van der Waals surface area contributed by atoms with Crippen molar-refractivity contribution in [2.24, 2.45) is 0 Å². The number of methoxy groups -OCH3 is 2. The number of hydrogen-bond acceptors (Lipinski definition) is 6. The summed E-state index contributed by atoms with van der Waals surface area (Å²) in [4.78, 5) is 8.53. The maximum absolute atomic E-state index is 14.6. The Morgan fingerprint density at radius 1 is 0.957 bits per heavy atom. The number of aromatic nitrogens is 2. The molecule has 4 N–H and O–H groups in total. The van der Waals surface area contributed by atoms with Crippen LogP contribution in [0.2, 0.25) is 0 Å². The van der Waals surface area contributed by atoms with E-state index in [9.17, 15) is 4.39 Å². The van der Waals surface area contributed by atoms with Gasteiger partial charge >= 0.3 is 6.01 Å². The zero-order valence-electron chi connectivity index (χ0n) is 12.6. The van der Waals surface area contributed by atoms with Crippen molar-refractivity contribution in [3.8, 4) is 23.0 Å². The van der Waals surface area contributed by atoms with Crippen LogP contribution in [0.4, 0.5) is 15.8 Å². The first-order valence-electron chi connectivity index (χ1n) is 6.79. The van der Waals surface area contributed by atoms with Crippen molar-refractivity contribution >= 4 is 22.3 Å². The molecule has 0 radical (unpaired) electrons. The number of ether oxygens (including phenoxy) is 2. The van der Waals surface area contributed by atoms with Gasteiger partial charge in [-0.15, -0.1) is 0 Å². The van der Waals surface area contributed by atoms with Crippen molar-refractivity contribution < 1.29 is 13.9 Å². The maximum atomic E-state index is 14.6. The predicted molar refractivity (Wildman–Crippen MR) is 86.9 cm³/mol. The van der Waals surface area contributed by atoms with Gasteiger partial charge in [0.25, 0.3) is 0 Å². The van der Waals surface area contributed by atoms with Crippen molar-refractivity contribution in [3.05, 3.63) is 36.1 Å². The summed E-state index contributed by atoms with van der Waals surface area (Å²) in [5.74, 6) is -0.140. The van der Waals surface area contributed by atoms with Crippen LogP contribution in [0.1, 0.15) is 0 Å². The molecule has 0 unspecified atom stereocenters. The number of nitrogens with zero attached hydrogens (tertiary/aromatic N) is 2. The molecule has 23 heavy (non-hydrogen) atoms. The van der Waals surface area contributed by atoms with Gasteiger partial charge in [0, 0.05) is 5.69 Å². The summed E-state index contributed by atoms with van der Waals surface area (Å²) < 4.78 is 25.1. The van der Waals surface area contributed by atoms with Gasteiger partial charge in [0.05, 0.1) is 42.1 Å². The molecule has 6 nitrogen and oxygen atoms in total. The van der Waals surface area contributed by atoms with Gasteiger partial charge in [0.1, 0.15) is 5.75 Å². The summed E-state index contributed by atoms with van der Waals surface area (Å²) in [7, 11) is 2.95. The fourth-order valence-electron chi connectivity index (χ4n) is 2.42. The Bertz CT molecular complexity index is 899. The molecule has 0 aliphatic rings. The molecule has 0 saturated heterocycles. The van der Waals surface area contributed by atoms with E-state index in [0.29, 0.717) is 16.7 Å². The summed E-state index contributed by atoms with van der Waals surface area (Å²) >= 11 is 0. The molecule has 7 heteroatoms. The SMILES string of the molecule is COc1nc(-c2c(N)ccc(N)c2F)c2c(OC)cccc2n1. The number of halogens is 1. The minimum atomic E-state index is -0.641. The molecule has 118 valence electrons. The average molecular weight is 314 g/mol. The van der Waals surface area contributed by atoms with E-state index in [2.05, 4.69) is 9.97 Å². The fraction of sp³-hybridized carbons (Fsp3) is 0.125. The van der Waals surface area contributed by atoms with Crippen molar-refractivity contribution in [3.63, 3.8) is 0 Å². The second-order valence-electron chi connectivity index (χ2n) is 4.85. The quantitative estimate of drug-likeness (QED) is 0.721. The van der Waals surface area contributed by atoms with Gasteiger partial charge in [0.2, 0.25) is 0 Å². The molecule has 0 fully saturated rings. The Hall–Kier alpha value is -3.09. The van der Waals surface area contributed by atoms with Crippen molar-refractivity contribution in [1.82, 2.24) is 9.97 Å². The molecular weight excluding hydrogens is 299 g/mol. The molecule has 2 aromatic carbocycles. The van der Waals surface area contributed by atoms with Crippen LogP contribution in [0.3, 0.4) is 0 Å². The third kappa shape index (κ3) is 2.36. The van der Waals surface area contributed by atoms with Gasteiger partial charge < -0.3 is 20.9 Å². The summed E-state index contributed by atoms with van der Waals surface area (Å²) in [6.45, 7) is 0. The van der Waals surface area contributed by atoms with Gasteiger partial charge in [-0.3, -0.25) is 0 Å². The number of anilines is 2. The number of benzene rings is 2. The van der Waals surface area contributed by atoms with Crippen LogP contribution in [0.15, 0.2) is 30.3 Å². The Labute approximate surface area is 131 Å². The first kappa shape index (κ1) is 14.8.